The summed E-state index contributed by atoms with van der Waals surface area (Å²) in [5.74, 6) is 1.08. The van der Waals surface area contributed by atoms with Crippen LogP contribution in [-0.2, 0) is 0 Å². The van der Waals surface area contributed by atoms with Crippen molar-refractivity contribution in [2.45, 2.75) is 19.8 Å². The molecule has 6 rings (SSSR count). The van der Waals surface area contributed by atoms with Crippen LogP contribution in [0.15, 0.2) is 102 Å². The number of phenolic OH excluding ortho intramolecular Hbond substituents is 1. The molecule has 182 valence electrons. The lowest BCUT2D eigenvalue weighted by molar-refractivity contribution is 0.309. The molecular formula is C33H26BrNO2. The largest absolute Gasteiger partial charge is 0.507 e. The van der Waals surface area contributed by atoms with E-state index in [1.807, 2.05) is 48.5 Å². The van der Waals surface area contributed by atoms with Gasteiger partial charge in [0.25, 0.3) is 0 Å². The van der Waals surface area contributed by atoms with E-state index in [0.29, 0.717) is 0 Å². The lowest BCUT2D eigenvalue weighted by Gasteiger charge is -2.15. The van der Waals surface area contributed by atoms with Gasteiger partial charge in [-0.2, -0.15) is 0 Å². The number of unbranched alkanes of at least 4 members (excludes halogenated alkanes) is 1. The fourth-order valence-corrected chi connectivity index (χ4v) is 5.37. The molecule has 0 saturated carbocycles. The maximum atomic E-state index is 11.5. The number of ether oxygens (including phenoxy) is 1. The van der Waals surface area contributed by atoms with E-state index in [1.54, 1.807) is 0 Å². The fourth-order valence-electron chi connectivity index (χ4n) is 4.97. The Balaban J connectivity index is 1.61. The fraction of sp³-hybridized carbons (Fsp3) is 0.121. The minimum Gasteiger partial charge on any atom is -0.507 e. The Kier molecular flexibility index (Phi) is 6.27. The molecule has 0 radical (unpaired) electrons. The molecule has 0 bridgehead atoms. The maximum absolute atomic E-state index is 11.5. The van der Waals surface area contributed by atoms with E-state index in [9.17, 15) is 5.11 Å². The number of hydrogen-bond acceptors (Lipinski definition) is 3. The number of nitrogens with zero attached hydrogens (tertiary/aromatic N) is 1. The van der Waals surface area contributed by atoms with Crippen molar-refractivity contribution in [2.75, 3.05) is 6.61 Å². The van der Waals surface area contributed by atoms with Gasteiger partial charge in [-0.15, -0.1) is 0 Å². The van der Waals surface area contributed by atoms with E-state index in [4.69, 9.17) is 9.72 Å². The Morgan fingerprint density at radius 1 is 0.757 bits per heavy atom. The number of pyridine rings is 1. The van der Waals surface area contributed by atoms with Crippen LogP contribution in [0, 0.1) is 0 Å². The van der Waals surface area contributed by atoms with Gasteiger partial charge in [-0.25, -0.2) is 4.98 Å². The highest BCUT2D eigenvalue weighted by molar-refractivity contribution is 9.10. The van der Waals surface area contributed by atoms with E-state index in [-0.39, 0.29) is 5.75 Å². The molecule has 0 aliphatic heterocycles. The molecule has 0 aliphatic rings. The summed E-state index contributed by atoms with van der Waals surface area (Å²) in [4.78, 5) is 5.08. The average molecular weight is 548 g/mol. The van der Waals surface area contributed by atoms with Gasteiger partial charge in [-0.3, -0.25) is 0 Å². The Labute approximate surface area is 224 Å². The molecule has 0 atom stereocenters. The van der Waals surface area contributed by atoms with Crippen molar-refractivity contribution in [3.63, 3.8) is 0 Å². The van der Waals surface area contributed by atoms with Crippen LogP contribution in [0.2, 0.25) is 0 Å². The van der Waals surface area contributed by atoms with Crippen molar-refractivity contribution in [2.24, 2.45) is 0 Å². The number of benzene rings is 5. The lowest BCUT2D eigenvalue weighted by atomic mass is 9.93. The second-order valence-electron chi connectivity index (χ2n) is 9.30. The van der Waals surface area contributed by atoms with Gasteiger partial charge >= 0.3 is 0 Å². The van der Waals surface area contributed by atoms with Crippen LogP contribution in [0.1, 0.15) is 19.8 Å². The average Bonchev–Trinajstić information content (AvgIpc) is 2.92. The van der Waals surface area contributed by atoms with Crippen LogP contribution in [-0.4, -0.2) is 16.7 Å². The summed E-state index contributed by atoms with van der Waals surface area (Å²) in [6.07, 6.45) is 2.14. The zero-order chi connectivity index (χ0) is 25.4. The third-order valence-corrected chi connectivity index (χ3v) is 7.31. The molecule has 0 unspecified atom stereocenters. The molecule has 1 N–H and O–H groups in total. The molecule has 0 saturated heterocycles. The van der Waals surface area contributed by atoms with Crippen molar-refractivity contribution in [1.29, 1.82) is 0 Å². The molecule has 0 spiro atoms. The lowest BCUT2D eigenvalue weighted by Crippen LogP contribution is -1.96. The van der Waals surface area contributed by atoms with Gasteiger partial charge in [0.2, 0.25) is 0 Å². The third kappa shape index (κ3) is 4.42. The van der Waals surface area contributed by atoms with Gasteiger partial charge in [0.05, 0.1) is 23.2 Å². The van der Waals surface area contributed by atoms with Crippen LogP contribution in [0.25, 0.3) is 54.8 Å². The van der Waals surface area contributed by atoms with Gasteiger partial charge in [0.1, 0.15) is 11.5 Å². The topological polar surface area (TPSA) is 42.4 Å². The number of rotatable bonds is 6. The predicted octanol–water partition coefficient (Wildman–Crippen LogP) is 9.52. The van der Waals surface area contributed by atoms with Gasteiger partial charge < -0.3 is 9.84 Å². The van der Waals surface area contributed by atoms with E-state index in [2.05, 4.69) is 71.4 Å². The Morgan fingerprint density at radius 3 is 2.41 bits per heavy atom. The summed E-state index contributed by atoms with van der Waals surface area (Å²) in [5, 5.41) is 16.5. The zero-order valence-electron chi connectivity index (χ0n) is 20.5. The highest BCUT2D eigenvalue weighted by atomic mass is 79.9. The van der Waals surface area contributed by atoms with Crippen LogP contribution >= 0.6 is 15.9 Å². The summed E-state index contributed by atoms with van der Waals surface area (Å²) < 4.78 is 6.82. The van der Waals surface area contributed by atoms with Crippen molar-refractivity contribution in [1.82, 2.24) is 4.98 Å². The molecule has 1 heterocycles. The first-order valence-electron chi connectivity index (χ1n) is 12.6. The molecule has 37 heavy (non-hydrogen) atoms. The van der Waals surface area contributed by atoms with Gasteiger partial charge in [0, 0.05) is 15.4 Å². The van der Waals surface area contributed by atoms with Crippen LogP contribution < -0.4 is 4.74 Å². The molecule has 4 heteroatoms. The molecule has 0 fully saturated rings. The number of phenols is 1. The second-order valence-corrected chi connectivity index (χ2v) is 10.2. The number of halogens is 1. The Hall–Kier alpha value is -3.89. The summed E-state index contributed by atoms with van der Waals surface area (Å²) in [5.41, 5.74) is 4.59. The molecule has 6 aromatic rings. The van der Waals surface area contributed by atoms with Gasteiger partial charge in [-0.1, -0.05) is 83.9 Å². The number of fused-ring (bicyclic) bond motifs is 5. The van der Waals surface area contributed by atoms with E-state index < -0.39 is 0 Å². The van der Waals surface area contributed by atoms with Crippen molar-refractivity contribution in [3.8, 4) is 33.9 Å². The first-order chi connectivity index (χ1) is 18.1. The predicted molar refractivity (Wildman–Crippen MR) is 157 cm³/mol. The summed E-state index contributed by atoms with van der Waals surface area (Å²) in [7, 11) is 0. The Morgan fingerprint density at radius 2 is 1.59 bits per heavy atom. The van der Waals surface area contributed by atoms with Gasteiger partial charge in [-0.05, 0) is 76.2 Å². The maximum Gasteiger partial charge on any atom is 0.126 e. The summed E-state index contributed by atoms with van der Waals surface area (Å²) >= 11 is 3.59. The van der Waals surface area contributed by atoms with E-state index >= 15 is 0 Å². The molecule has 1 aromatic heterocycles. The van der Waals surface area contributed by atoms with Crippen LogP contribution in [0.3, 0.4) is 0 Å². The second kappa shape index (κ2) is 9.87. The molecule has 5 aromatic carbocycles. The van der Waals surface area contributed by atoms with E-state index in [1.165, 1.54) is 0 Å². The number of hydrogen-bond donors (Lipinski definition) is 1. The number of aromatic nitrogens is 1. The van der Waals surface area contributed by atoms with Gasteiger partial charge in [0.15, 0.2) is 0 Å². The van der Waals surface area contributed by atoms with Crippen molar-refractivity contribution in [3.05, 3.63) is 102 Å². The SMILES string of the molecule is CCCCOc1ccc(-c2cc(O)c3c(-c4cccc(Br)c4)nc4ccc5ccccc5c4c3c2)cc1. The normalized spacial score (nSPS) is 11.4. The highest BCUT2D eigenvalue weighted by Gasteiger charge is 2.17. The van der Waals surface area contributed by atoms with Crippen molar-refractivity contribution < 1.29 is 9.84 Å². The third-order valence-electron chi connectivity index (χ3n) is 6.82. The molecular weight excluding hydrogens is 522 g/mol. The first kappa shape index (κ1) is 23.5. The molecule has 3 nitrogen and oxygen atoms in total. The van der Waals surface area contributed by atoms with Crippen molar-refractivity contribution >= 4 is 48.4 Å². The minimum absolute atomic E-state index is 0.216. The molecule has 0 aliphatic carbocycles. The molecule has 0 amide bonds. The number of aromatic hydroxyl groups is 1. The quantitative estimate of drug-likeness (QED) is 0.167. The van der Waals surface area contributed by atoms with E-state index in [0.717, 1.165) is 84.5 Å². The van der Waals surface area contributed by atoms with Crippen LogP contribution in [0.4, 0.5) is 0 Å². The smallest absolute Gasteiger partial charge is 0.126 e. The summed E-state index contributed by atoms with van der Waals surface area (Å²) in [6, 6.07) is 32.7. The van der Waals surface area contributed by atoms with Crippen LogP contribution in [0.5, 0.6) is 11.5 Å². The summed E-state index contributed by atoms with van der Waals surface area (Å²) in [6.45, 7) is 2.88. The highest BCUT2D eigenvalue weighted by Crippen LogP contribution is 2.43. The minimum atomic E-state index is 0.216. The zero-order valence-corrected chi connectivity index (χ0v) is 22.1. The monoisotopic (exact) mass is 547 g/mol. The standard InChI is InChI=1S/C33H26BrNO2/c1-2-3-17-37-26-14-11-21(12-15-26)24-19-28-31-27-10-5-4-7-22(27)13-16-29(31)35-33(32(28)30(36)20-24)23-8-6-9-25(34)18-23/h4-16,18-20,36H,2-3,17H2,1H3. The first-order valence-corrected chi connectivity index (χ1v) is 13.4. The Bertz CT molecular complexity index is 1760.